The monoisotopic (exact) mass is 257 g/mol. The Morgan fingerprint density at radius 3 is 1.00 bits per heavy atom. The van der Waals surface area contributed by atoms with E-state index >= 15 is 0 Å². The Morgan fingerprint density at radius 1 is 1.00 bits per heavy atom. The predicted molar refractivity (Wildman–Crippen MR) is 10.8 cm³/mol. The molecule has 4 heavy (non-hydrogen) atoms. The Kier molecular flexibility index (Phi) is 104. The van der Waals surface area contributed by atoms with Gasteiger partial charge in [0.2, 0.25) is 0 Å². The molecule has 0 heterocycles. The van der Waals surface area contributed by atoms with Crippen LogP contribution in [0.15, 0.2) is 0 Å². The molecule has 0 aromatic rings. The molecule has 0 unspecified atom stereocenters. The minimum absolute atomic E-state index is 0. The standard InChI is InChI=1S/Ce.Co.K.H2O.H/h;;;1H2;. The van der Waals surface area contributed by atoms with Crippen molar-refractivity contribution in [2.45, 2.75) is 0 Å². The van der Waals surface area contributed by atoms with E-state index in [-0.39, 0.29) is 115 Å². The van der Waals surface area contributed by atoms with Gasteiger partial charge < -0.3 is 5.48 Å². The number of hydrogen-bond acceptors (Lipinski definition) is 0. The first-order chi connectivity index (χ1) is 0. The Hall–Kier alpha value is 3.48. The molecule has 0 rings (SSSR count). The van der Waals surface area contributed by atoms with Crippen molar-refractivity contribution >= 4 is 51.4 Å². The molecule has 0 spiro atoms. The first kappa shape index (κ1) is 25.9. The van der Waals surface area contributed by atoms with Crippen LogP contribution in [0.4, 0.5) is 0 Å². The molecule has 0 aliphatic carbocycles. The second-order valence-corrected chi connectivity index (χ2v) is 0. The van der Waals surface area contributed by atoms with Crippen molar-refractivity contribution in [3.05, 3.63) is 0 Å². The SMILES string of the molecule is O.[Ce].[Co].[KH]. The van der Waals surface area contributed by atoms with Crippen LogP contribution >= 0.6 is 0 Å². The quantitative estimate of drug-likeness (QED) is 0.474. The van der Waals surface area contributed by atoms with Crippen LogP contribution in [0.2, 0.25) is 0 Å². The maximum atomic E-state index is 0. The van der Waals surface area contributed by atoms with Gasteiger partial charge in [0.05, 0.1) is 0 Å². The van der Waals surface area contributed by atoms with Crippen LogP contribution in [0.5, 0.6) is 0 Å². The first-order valence-corrected chi connectivity index (χ1v) is 0. The van der Waals surface area contributed by atoms with Crippen molar-refractivity contribution in [3.8, 4) is 0 Å². The third-order valence-corrected chi connectivity index (χ3v) is 0. The zero-order chi connectivity index (χ0) is 0. The summed E-state index contributed by atoms with van der Waals surface area (Å²) in [5.74, 6) is 0. The zero-order valence-electron chi connectivity index (χ0n) is 1.33. The predicted octanol–water partition coefficient (Wildman–Crippen LogP) is -1.48. The molecule has 0 saturated carbocycles. The fraction of sp³-hybridized carbons (Fsp3) is 0. The van der Waals surface area contributed by atoms with Crippen LogP contribution < -0.4 is 0 Å². The van der Waals surface area contributed by atoms with Gasteiger partial charge in [-0.2, -0.15) is 0 Å². The van der Waals surface area contributed by atoms with Gasteiger partial charge in [0.25, 0.3) is 0 Å². The molecule has 0 aliphatic rings. The van der Waals surface area contributed by atoms with Gasteiger partial charge in [0.1, 0.15) is 0 Å². The van der Waals surface area contributed by atoms with E-state index in [1.807, 2.05) is 0 Å². The summed E-state index contributed by atoms with van der Waals surface area (Å²) in [4.78, 5) is 0. The maximum absolute atomic E-state index is 0. The van der Waals surface area contributed by atoms with Crippen LogP contribution in [0.1, 0.15) is 0 Å². The second kappa shape index (κ2) is 16.1. The molecule has 1 radical (unpaired) electrons. The van der Waals surface area contributed by atoms with Crippen LogP contribution in [-0.4, -0.2) is 56.9 Å². The summed E-state index contributed by atoms with van der Waals surface area (Å²) < 4.78 is 0. The fourth-order valence-corrected chi connectivity index (χ4v) is 0. The third-order valence-electron chi connectivity index (χ3n) is 0. The molecule has 0 aromatic heterocycles. The molecule has 23 valence electrons. The topological polar surface area (TPSA) is 31.5 Å². The van der Waals surface area contributed by atoms with E-state index in [2.05, 4.69) is 0 Å². The van der Waals surface area contributed by atoms with Crippen LogP contribution in [0, 0.1) is 41.7 Å². The average Bonchev–Trinajstić information content (AvgIpc) is 0. The summed E-state index contributed by atoms with van der Waals surface area (Å²) >= 11 is 0. The Labute approximate surface area is 112 Å². The van der Waals surface area contributed by atoms with E-state index in [0.29, 0.717) is 0 Å². The molecule has 2 N–H and O–H groups in total. The summed E-state index contributed by atoms with van der Waals surface area (Å²) in [5.41, 5.74) is 0. The van der Waals surface area contributed by atoms with Crippen LogP contribution in [0.3, 0.4) is 0 Å². The van der Waals surface area contributed by atoms with Gasteiger partial charge in [0, 0.05) is 58.5 Å². The minimum atomic E-state index is 0. The van der Waals surface area contributed by atoms with Crippen molar-refractivity contribution in [1.82, 2.24) is 0 Å². The summed E-state index contributed by atoms with van der Waals surface area (Å²) in [7, 11) is 0. The van der Waals surface area contributed by atoms with Gasteiger partial charge in [0.15, 0.2) is 0 Å². The van der Waals surface area contributed by atoms with Gasteiger partial charge >= 0.3 is 51.4 Å². The zero-order valence-corrected chi connectivity index (χ0v) is 5.51. The van der Waals surface area contributed by atoms with Crippen LogP contribution in [-0.2, 0) is 16.8 Å². The van der Waals surface area contributed by atoms with Crippen molar-refractivity contribution in [2.75, 3.05) is 0 Å². The molecular formula is H3CeCoKO. The van der Waals surface area contributed by atoms with E-state index in [4.69, 9.17) is 0 Å². The van der Waals surface area contributed by atoms with Crippen molar-refractivity contribution in [3.63, 3.8) is 0 Å². The Bertz CT molecular complexity index is 8.00. The van der Waals surface area contributed by atoms with Crippen molar-refractivity contribution < 1.29 is 64.0 Å². The van der Waals surface area contributed by atoms with Gasteiger partial charge in [-0.05, 0) is 0 Å². The van der Waals surface area contributed by atoms with E-state index in [0.717, 1.165) is 0 Å². The molecule has 0 amide bonds. The van der Waals surface area contributed by atoms with Crippen LogP contribution in [0.25, 0.3) is 0 Å². The van der Waals surface area contributed by atoms with E-state index in [1.54, 1.807) is 0 Å². The molecule has 0 aliphatic heterocycles. The summed E-state index contributed by atoms with van der Waals surface area (Å²) in [5, 5.41) is 0. The number of hydrogen-bond donors (Lipinski definition) is 0. The molecule has 4 heteroatoms. The van der Waals surface area contributed by atoms with Gasteiger partial charge in [-0.3, -0.25) is 0 Å². The number of rotatable bonds is 0. The van der Waals surface area contributed by atoms with Gasteiger partial charge in [-0.1, -0.05) is 0 Å². The van der Waals surface area contributed by atoms with Crippen molar-refractivity contribution in [2.24, 2.45) is 0 Å². The average molecular weight is 257 g/mol. The van der Waals surface area contributed by atoms with E-state index < -0.39 is 0 Å². The third kappa shape index (κ3) is 9.08. The fourth-order valence-electron chi connectivity index (χ4n) is 0. The molecule has 0 aromatic carbocycles. The Morgan fingerprint density at radius 2 is 1.00 bits per heavy atom. The van der Waals surface area contributed by atoms with Gasteiger partial charge in [-0.15, -0.1) is 0 Å². The van der Waals surface area contributed by atoms with Gasteiger partial charge in [-0.25, -0.2) is 0 Å². The molecule has 0 bridgehead atoms. The molecule has 0 saturated heterocycles. The van der Waals surface area contributed by atoms with E-state index in [1.165, 1.54) is 0 Å². The van der Waals surface area contributed by atoms with Crippen molar-refractivity contribution in [1.29, 1.82) is 0 Å². The van der Waals surface area contributed by atoms with E-state index in [9.17, 15) is 0 Å². The summed E-state index contributed by atoms with van der Waals surface area (Å²) in [6.07, 6.45) is 0. The molecule has 0 fully saturated rings. The molecular weight excluding hydrogens is 254 g/mol. The summed E-state index contributed by atoms with van der Waals surface area (Å²) in [6.45, 7) is 0. The normalized spacial score (nSPS) is 0. The molecule has 0 atom stereocenters. The Balaban J connectivity index is 0. The summed E-state index contributed by atoms with van der Waals surface area (Å²) in [6, 6.07) is 0. The first-order valence-electron chi connectivity index (χ1n) is 0. The second-order valence-electron chi connectivity index (χ2n) is 0. The molecule has 1 nitrogen and oxygen atoms in total.